The molecule has 1 rings (SSSR count). The van der Waals surface area contributed by atoms with Crippen LogP contribution in [-0.2, 0) is 20.8 Å². The molecule has 1 atom stereocenters. The summed E-state index contributed by atoms with van der Waals surface area (Å²) in [6.07, 6.45) is -0.923. The Morgan fingerprint density at radius 1 is 1.29 bits per heavy atom. The molecule has 0 saturated carbocycles. The number of H-pyrrole nitrogens is 1. The molecule has 9 nitrogen and oxygen atoms in total. The zero-order chi connectivity index (χ0) is 16.2. The molecule has 4 N–H and O–H groups in total. The maximum absolute atomic E-state index is 11.8. The number of carboxylic acid groups (broad SMARTS) is 2. The first-order chi connectivity index (χ1) is 9.70. The van der Waals surface area contributed by atoms with Gasteiger partial charge in [0.15, 0.2) is 0 Å². The zero-order valence-corrected chi connectivity index (χ0v) is 11.5. The van der Waals surface area contributed by atoms with Gasteiger partial charge in [0.05, 0.1) is 12.8 Å². The van der Waals surface area contributed by atoms with Gasteiger partial charge in [-0.3, -0.25) is 9.59 Å². The highest BCUT2D eigenvalue weighted by Gasteiger charge is 2.23. The number of nitrogens with zero attached hydrogens (tertiary/aromatic N) is 1. The number of aromatic amines is 1. The van der Waals surface area contributed by atoms with E-state index in [1.807, 2.05) is 0 Å². The van der Waals surface area contributed by atoms with Crippen molar-refractivity contribution in [2.75, 3.05) is 0 Å². The molecular weight excluding hydrogens is 282 g/mol. The van der Waals surface area contributed by atoms with Gasteiger partial charge in [0.25, 0.3) is 0 Å². The summed E-state index contributed by atoms with van der Waals surface area (Å²) in [7, 11) is 0. The van der Waals surface area contributed by atoms with Crippen LogP contribution in [0, 0.1) is 13.8 Å². The highest BCUT2D eigenvalue weighted by Crippen LogP contribution is 2.07. The molecule has 114 valence electrons. The van der Waals surface area contributed by atoms with E-state index in [1.165, 1.54) is 0 Å². The molecule has 1 aromatic rings. The quantitative estimate of drug-likeness (QED) is 0.524. The first-order valence-corrected chi connectivity index (χ1v) is 6.01. The molecule has 0 aliphatic rings. The molecule has 1 amide bonds. The van der Waals surface area contributed by atoms with E-state index >= 15 is 0 Å². The fourth-order valence-corrected chi connectivity index (χ4v) is 1.80. The van der Waals surface area contributed by atoms with E-state index in [0.29, 0.717) is 17.0 Å². The predicted octanol–water partition coefficient (Wildman–Crippen LogP) is -1.03. The van der Waals surface area contributed by atoms with Gasteiger partial charge in [0.1, 0.15) is 6.04 Å². The molecular formula is C12H15N3O6. The Bertz CT molecular complexity index is 610. The summed E-state index contributed by atoms with van der Waals surface area (Å²) in [5, 5.41) is 19.6. The minimum atomic E-state index is -1.51. The van der Waals surface area contributed by atoms with Crippen molar-refractivity contribution in [1.82, 2.24) is 15.3 Å². The van der Waals surface area contributed by atoms with Crippen molar-refractivity contribution in [1.29, 1.82) is 0 Å². The third-order valence-electron chi connectivity index (χ3n) is 2.80. The van der Waals surface area contributed by atoms with Gasteiger partial charge in [0.2, 0.25) is 5.91 Å². The minimum absolute atomic E-state index is 0.204. The molecule has 0 aromatic carbocycles. The molecule has 9 heteroatoms. The second-order valence-electron chi connectivity index (χ2n) is 4.46. The van der Waals surface area contributed by atoms with Crippen molar-refractivity contribution < 1.29 is 24.6 Å². The van der Waals surface area contributed by atoms with E-state index in [2.05, 4.69) is 15.3 Å². The van der Waals surface area contributed by atoms with Gasteiger partial charge in [-0.25, -0.2) is 9.59 Å². The lowest BCUT2D eigenvalue weighted by molar-refractivity contribution is -0.147. The fraction of sp³-hybridized carbons (Fsp3) is 0.417. The maximum Gasteiger partial charge on any atom is 0.345 e. The Labute approximate surface area is 119 Å². The largest absolute Gasteiger partial charge is 0.481 e. The van der Waals surface area contributed by atoms with Crippen LogP contribution in [0.25, 0.3) is 0 Å². The Morgan fingerprint density at radius 2 is 1.90 bits per heavy atom. The van der Waals surface area contributed by atoms with Crippen LogP contribution in [0.2, 0.25) is 0 Å². The third-order valence-corrected chi connectivity index (χ3v) is 2.80. The van der Waals surface area contributed by atoms with Gasteiger partial charge in [0, 0.05) is 17.0 Å². The van der Waals surface area contributed by atoms with Crippen LogP contribution in [-0.4, -0.2) is 44.1 Å². The molecule has 0 saturated heterocycles. The standard InChI is InChI=1S/C12H15N3O6/c1-5-7(6(2)14-12(21)13-5)3-9(16)15-8(11(19)20)4-10(17)18/h8H,3-4H2,1-2H3,(H,15,16)(H,17,18)(H,19,20)(H,13,14,21)/t8-/m1/s1. The summed E-state index contributed by atoms with van der Waals surface area (Å²) in [6, 6.07) is -1.51. The lowest BCUT2D eigenvalue weighted by atomic mass is 10.1. The molecule has 0 unspecified atom stereocenters. The van der Waals surface area contributed by atoms with Gasteiger partial charge >= 0.3 is 17.6 Å². The third kappa shape index (κ3) is 4.71. The molecule has 0 spiro atoms. The average Bonchev–Trinajstić information content (AvgIpc) is 2.32. The van der Waals surface area contributed by atoms with Gasteiger partial charge in [-0.05, 0) is 13.8 Å². The van der Waals surface area contributed by atoms with Gasteiger partial charge in [-0.15, -0.1) is 0 Å². The normalized spacial score (nSPS) is 11.7. The summed E-state index contributed by atoms with van der Waals surface area (Å²) in [5.74, 6) is -3.43. The Kier molecular flexibility index (Phi) is 5.17. The zero-order valence-electron chi connectivity index (χ0n) is 11.5. The molecule has 21 heavy (non-hydrogen) atoms. The van der Waals surface area contributed by atoms with Crippen molar-refractivity contribution in [3.63, 3.8) is 0 Å². The van der Waals surface area contributed by atoms with E-state index in [9.17, 15) is 19.2 Å². The summed E-state index contributed by atoms with van der Waals surface area (Å²) in [4.78, 5) is 50.4. The van der Waals surface area contributed by atoms with Crippen molar-refractivity contribution in [3.05, 3.63) is 27.4 Å². The number of carbonyl (C=O) groups is 3. The maximum atomic E-state index is 11.8. The van der Waals surface area contributed by atoms with Crippen LogP contribution in [0.15, 0.2) is 4.79 Å². The number of amides is 1. The van der Waals surface area contributed by atoms with Crippen LogP contribution < -0.4 is 11.0 Å². The Hall–Kier alpha value is -2.71. The number of hydrogen-bond acceptors (Lipinski definition) is 5. The number of carbonyl (C=O) groups excluding carboxylic acids is 1. The lowest BCUT2D eigenvalue weighted by Crippen LogP contribution is -2.43. The number of aryl methyl sites for hydroxylation is 2. The van der Waals surface area contributed by atoms with Crippen LogP contribution in [0.3, 0.4) is 0 Å². The Balaban J connectivity index is 2.84. The molecule has 1 aromatic heterocycles. The monoisotopic (exact) mass is 297 g/mol. The van der Waals surface area contributed by atoms with E-state index in [0.717, 1.165) is 0 Å². The minimum Gasteiger partial charge on any atom is -0.481 e. The van der Waals surface area contributed by atoms with Crippen molar-refractivity contribution in [2.24, 2.45) is 0 Å². The highest BCUT2D eigenvalue weighted by molar-refractivity contribution is 5.87. The van der Waals surface area contributed by atoms with Gasteiger partial charge < -0.3 is 20.5 Å². The second kappa shape index (κ2) is 6.64. The highest BCUT2D eigenvalue weighted by atomic mass is 16.4. The summed E-state index contributed by atoms with van der Waals surface area (Å²) in [5.41, 5.74) is 0.735. The van der Waals surface area contributed by atoms with Crippen molar-refractivity contribution in [2.45, 2.75) is 32.7 Å². The second-order valence-corrected chi connectivity index (χ2v) is 4.46. The number of aliphatic carboxylic acids is 2. The molecule has 0 aliphatic heterocycles. The topological polar surface area (TPSA) is 149 Å². The molecule has 1 heterocycles. The van der Waals surface area contributed by atoms with E-state index in [-0.39, 0.29) is 6.42 Å². The summed E-state index contributed by atoms with van der Waals surface area (Å²) >= 11 is 0. The SMILES string of the molecule is Cc1nc(=O)[nH]c(C)c1CC(=O)N[C@H](CC(=O)O)C(=O)O. The first-order valence-electron chi connectivity index (χ1n) is 6.01. The molecule has 0 radical (unpaired) electrons. The van der Waals surface area contributed by atoms with E-state index in [1.54, 1.807) is 13.8 Å². The van der Waals surface area contributed by atoms with Crippen LogP contribution in [0.1, 0.15) is 23.4 Å². The molecule has 0 fully saturated rings. The van der Waals surface area contributed by atoms with Crippen LogP contribution in [0.5, 0.6) is 0 Å². The van der Waals surface area contributed by atoms with E-state index in [4.69, 9.17) is 10.2 Å². The average molecular weight is 297 g/mol. The number of hydrogen-bond donors (Lipinski definition) is 4. The van der Waals surface area contributed by atoms with Gasteiger partial charge in [-0.2, -0.15) is 4.98 Å². The smallest absolute Gasteiger partial charge is 0.345 e. The molecule has 0 aliphatic carbocycles. The number of nitrogens with one attached hydrogen (secondary N) is 2. The Morgan fingerprint density at radius 3 is 2.38 bits per heavy atom. The fourth-order valence-electron chi connectivity index (χ4n) is 1.80. The lowest BCUT2D eigenvalue weighted by Gasteiger charge is -2.13. The predicted molar refractivity (Wildman–Crippen MR) is 69.9 cm³/mol. The summed E-state index contributed by atoms with van der Waals surface area (Å²) < 4.78 is 0. The number of rotatable bonds is 6. The van der Waals surface area contributed by atoms with Crippen LogP contribution in [0.4, 0.5) is 0 Å². The van der Waals surface area contributed by atoms with Gasteiger partial charge in [-0.1, -0.05) is 0 Å². The van der Waals surface area contributed by atoms with Crippen molar-refractivity contribution >= 4 is 17.8 Å². The number of carboxylic acids is 2. The molecule has 0 bridgehead atoms. The number of aromatic nitrogens is 2. The van der Waals surface area contributed by atoms with E-state index < -0.39 is 36.0 Å². The van der Waals surface area contributed by atoms with Crippen molar-refractivity contribution in [3.8, 4) is 0 Å². The first kappa shape index (κ1) is 16.3. The van der Waals surface area contributed by atoms with Crippen LogP contribution >= 0.6 is 0 Å². The summed E-state index contributed by atoms with van der Waals surface area (Å²) in [6.45, 7) is 3.14.